The Kier molecular flexibility index (Phi) is 6.51. The van der Waals surface area contributed by atoms with E-state index >= 15 is 0 Å². The van der Waals surface area contributed by atoms with Gasteiger partial charge in [0, 0.05) is 34.8 Å². The molecule has 0 radical (unpaired) electrons. The van der Waals surface area contributed by atoms with Crippen molar-refractivity contribution >= 4 is 39.4 Å². The number of nitrogens with one attached hydrogen (secondary N) is 1. The molecule has 0 aliphatic heterocycles. The maximum atomic E-state index is 13.5. The van der Waals surface area contributed by atoms with E-state index in [0.717, 1.165) is 10.9 Å². The summed E-state index contributed by atoms with van der Waals surface area (Å²) < 4.78 is 6.89. The van der Waals surface area contributed by atoms with Gasteiger partial charge in [0.05, 0.1) is 28.9 Å². The van der Waals surface area contributed by atoms with Crippen LogP contribution in [0.15, 0.2) is 89.9 Å². The summed E-state index contributed by atoms with van der Waals surface area (Å²) in [6.45, 7) is 4.34. The summed E-state index contributed by atoms with van der Waals surface area (Å²) in [5, 5.41) is 3.98. The lowest BCUT2D eigenvalue weighted by atomic mass is 10.0. The first-order chi connectivity index (χ1) is 18.0. The van der Waals surface area contributed by atoms with Gasteiger partial charge in [-0.05, 0) is 44.2 Å². The quantitative estimate of drug-likeness (QED) is 0.309. The summed E-state index contributed by atoms with van der Waals surface area (Å²) in [5.41, 5.74) is 3.41. The molecule has 7 nitrogen and oxygen atoms in total. The van der Waals surface area contributed by atoms with Gasteiger partial charge in [-0.2, -0.15) is 0 Å². The molecule has 2 aromatic heterocycles. The average Bonchev–Trinajstić information content (AvgIpc) is 2.93. The smallest absolute Gasteiger partial charge is 0.343 e. The molecule has 0 bridgehead atoms. The summed E-state index contributed by atoms with van der Waals surface area (Å²) in [7, 11) is 0. The minimum Gasteiger partial charge on any atom is -0.462 e. The third-order valence-electron chi connectivity index (χ3n) is 6.20. The molecule has 37 heavy (non-hydrogen) atoms. The average molecular weight is 492 g/mol. The number of carbonyl (C=O) groups excluding carboxylic acids is 2. The number of carbonyl (C=O) groups is 2. The molecule has 0 unspecified atom stereocenters. The van der Waals surface area contributed by atoms with Crippen LogP contribution in [0.2, 0.25) is 0 Å². The second-order valence-corrected chi connectivity index (χ2v) is 8.50. The standard InChI is InChI=1S/C30H25N3O4/c1-3-33-18-24(30(36)37-4-2)28(34)23-16-20(14-15-27(23)33)31-29(35)22-17-26(19-10-6-5-7-11-19)32-25-13-9-8-12-21(22)25/h5-18H,3-4H2,1-2H3,(H,31,35). The lowest BCUT2D eigenvalue weighted by molar-refractivity contribution is 0.0524. The molecule has 0 atom stereocenters. The van der Waals surface area contributed by atoms with Crippen LogP contribution < -0.4 is 10.7 Å². The van der Waals surface area contributed by atoms with E-state index in [9.17, 15) is 14.4 Å². The molecule has 5 rings (SSSR count). The molecule has 0 saturated heterocycles. The van der Waals surface area contributed by atoms with Crippen LogP contribution in [0.1, 0.15) is 34.6 Å². The first-order valence-electron chi connectivity index (χ1n) is 12.1. The Morgan fingerprint density at radius 2 is 1.65 bits per heavy atom. The molecule has 0 fully saturated rings. The Morgan fingerprint density at radius 3 is 2.41 bits per heavy atom. The highest BCUT2D eigenvalue weighted by Gasteiger charge is 2.18. The number of ether oxygens (including phenoxy) is 1. The van der Waals surface area contributed by atoms with E-state index in [1.165, 1.54) is 6.20 Å². The summed E-state index contributed by atoms with van der Waals surface area (Å²) >= 11 is 0. The maximum Gasteiger partial charge on any atom is 0.343 e. The predicted molar refractivity (Wildman–Crippen MR) is 145 cm³/mol. The van der Waals surface area contributed by atoms with E-state index in [-0.39, 0.29) is 18.1 Å². The molecular weight excluding hydrogens is 466 g/mol. The van der Waals surface area contributed by atoms with Gasteiger partial charge in [0.2, 0.25) is 5.43 Å². The van der Waals surface area contributed by atoms with Crippen molar-refractivity contribution in [3.8, 4) is 11.3 Å². The number of hydrogen-bond donors (Lipinski definition) is 1. The summed E-state index contributed by atoms with van der Waals surface area (Å²) in [4.78, 5) is 43.8. The topological polar surface area (TPSA) is 90.3 Å². The normalized spacial score (nSPS) is 11.0. The summed E-state index contributed by atoms with van der Waals surface area (Å²) in [5.74, 6) is -0.991. The van der Waals surface area contributed by atoms with E-state index in [4.69, 9.17) is 9.72 Å². The van der Waals surface area contributed by atoms with Crippen LogP contribution in [0.3, 0.4) is 0 Å². The largest absolute Gasteiger partial charge is 0.462 e. The van der Waals surface area contributed by atoms with Gasteiger partial charge in [0.25, 0.3) is 5.91 Å². The van der Waals surface area contributed by atoms with Gasteiger partial charge in [0.1, 0.15) is 5.56 Å². The van der Waals surface area contributed by atoms with Crippen molar-refractivity contribution < 1.29 is 14.3 Å². The van der Waals surface area contributed by atoms with Crippen LogP contribution in [0, 0.1) is 0 Å². The predicted octanol–water partition coefficient (Wildman–Crippen LogP) is 5.67. The van der Waals surface area contributed by atoms with Crippen molar-refractivity contribution in [2.75, 3.05) is 11.9 Å². The Bertz CT molecular complexity index is 1710. The molecule has 0 saturated carbocycles. The molecule has 0 aliphatic rings. The van der Waals surface area contributed by atoms with Crippen molar-refractivity contribution in [2.24, 2.45) is 0 Å². The fourth-order valence-corrected chi connectivity index (χ4v) is 4.41. The van der Waals surface area contributed by atoms with Gasteiger partial charge < -0.3 is 14.6 Å². The van der Waals surface area contributed by atoms with Gasteiger partial charge in [-0.3, -0.25) is 9.59 Å². The Balaban J connectivity index is 1.58. The van der Waals surface area contributed by atoms with Crippen LogP contribution >= 0.6 is 0 Å². The molecule has 3 aromatic carbocycles. The number of nitrogens with zero attached hydrogens (tertiary/aromatic N) is 2. The Labute approximate surface area is 213 Å². The molecule has 184 valence electrons. The first kappa shape index (κ1) is 23.9. The molecule has 2 heterocycles. The highest BCUT2D eigenvalue weighted by molar-refractivity contribution is 6.13. The number of anilines is 1. The van der Waals surface area contributed by atoms with Crippen molar-refractivity contribution in [3.05, 3.63) is 106 Å². The Hall–Kier alpha value is -4.78. The lowest BCUT2D eigenvalue weighted by Gasteiger charge is -2.14. The van der Waals surface area contributed by atoms with E-state index in [1.807, 2.05) is 66.1 Å². The molecule has 1 N–H and O–H groups in total. The molecule has 5 aromatic rings. The summed E-state index contributed by atoms with van der Waals surface area (Å²) in [6.07, 6.45) is 1.52. The van der Waals surface area contributed by atoms with Crippen LogP contribution in [0.5, 0.6) is 0 Å². The van der Waals surface area contributed by atoms with Crippen molar-refractivity contribution in [3.63, 3.8) is 0 Å². The zero-order valence-electron chi connectivity index (χ0n) is 20.5. The zero-order valence-corrected chi connectivity index (χ0v) is 20.5. The molecule has 0 spiro atoms. The fraction of sp³-hybridized carbons (Fsp3) is 0.133. The molecule has 0 aliphatic carbocycles. The number of hydrogen-bond acceptors (Lipinski definition) is 5. The van der Waals surface area contributed by atoms with Gasteiger partial charge in [0.15, 0.2) is 0 Å². The van der Waals surface area contributed by atoms with Gasteiger partial charge in [-0.1, -0.05) is 48.5 Å². The van der Waals surface area contributed by atoms with Crippen molar-refractivity contribution in [1.82, 2.24) is 9.55 Å². The minimum absolute atomic E-state index is 0.0349. The number of esters is 1. The number of pyridine rings is 2. The number of amides is 1. The van der Waals surface area contributed by atoms with E-state index in [2.05, 4.69) is 5.32 Å². The number of aromatic nitrogens is 2. The van der Waals surface area contributed by atoms with Crippen LogP contribution in [0.4, 0.5) is 5.69 Å². The summed E-state index contributed by atoms with van der Waals surface area (Å²) in [6, 6.07) is 24.0. The van der Waals surface area contributed by atoms with E-state index in [1.54, 1.807) is 31.2 Å². The highest BCUT2D eigenvalue weighted by atomic mass is 16.5. The second kappa shape index (κ2) is 10.1. The van der Waals surface area contributed by atoms with E-state index in [0.29, 0.717) is 39.9 Å². The minimum atomic E-state index is -0.664. The van der Waals surface area contributed by atoms with E-state index < -0.39 is 11.4 Å². The van der Waals surface area contributed by atoms with Crippen LogP contribution in [0.25, 0.3) is 33.1 Å². The Morgan fingerprint density at radius 1 is 0.892 bits per heavy atom. The van der Waals surface area contributed by atoms with Gasteiger partial charge in [-0.15, -0.1) is 0 Å². The number of fused-ring (bicyclic) bond motifs is 2. The third-order valence-corrected chi connectivity index (χ3v) is 6.20. The second-order valence-electron chi connectivity index (χ2n) is 8.50. The number of rotatable bonds is 6. The highest BCUT2D eigenvalue weighted by Crippen LogP contribution is 2.26. The van der Waals surface area contributed by atoms with Crippen molar-refractivity contribution in [1.29, 1.82) is 0 Å². The van der Waals surface area contributed by atoms with Gasteiger partial charge >= 0.3 is 5.97 Å². The first-order valence-corrected chi connectivity index (χ1v) is 12.1. The monoisotopic (exact) mass is 491 g/mol. The molecular formula is C30H25N3O4. The van der Waals surface area contributed by atoms with Crippen LogP contribution in [-0.4, -0.2) is 28.0 Å². The lowest BCUT2D eigenvalue weighted by Crippen LogP contribution is -2.21. The maximum absolute atomic E-state index is 13.5. The molecule has 1 amide bonds. The van der Waals surface area contributed by atoms with Gasteiger partial charge in [-0.25, -0.2) is 9.78 Å². The fourth-order valence-electron chi connectivity index (χ4n) is 4.41. The van der Waals surface area contributed by atoms with Crippen LogP contribution in [-0.2, 0) is 11.3 Å². The molecule has 7 heteroatoms. The number of aryl methyl sites for hydroxylation is 1. The third kappa shape index (κ3) is 4.59. The SMILES string of the molecule is CCOC(=O)c1cn(CC)c2ccc(NC(=O)c3cc(-c4ccccc4)nc4ccccc34)cc2c1=O. The number of benzene rings is 3. The number of para-hydroxylation sites is 1. The van der Waals surface area contributed by atoms with Crippen molar-refractivity contribution in [2.45, 2.75) is 20.4 Å². The zero-order chi connectivity index (χ0) is 25.9.